The molecular weight excluding hydrogens is 256 g/mol. The minimum atomic E-state index is 0.0286. The molecule has 3 saturated heterocycles. The van der Waals surface area contributed by atoms with Gasteiger partial charge in [-0.1, -0.05) is 0 Å². The van der Waals surface area contributed by atoms with Gasteiger partial charge in [-0.05, 0) is 25.3 Å². The van der Waals surface area contributed by atoms with Gasteiger partial charge in [0.05, 0.1) is 38.4 Å². The zero-order chi connectivity index (χ0) is 13.8. The van der Waals surface area contributed by atoms with E-state index < -0.39 is 0 Å². The summed E-state index contributed by atoms with van der Waals surface area (Å²) in [5.74, 6) is 0.776. The van der Waals surface area contributed by atoms with Gasteiger partial charge in [-0.15, -0.1) is 0 Å². The Labute approximate surface area is 121 Å². The molecule has 5 heteroatoms. The fourth-order valence-corrected chi connectivity index (χ4v) is 3.69. The Morgan fingerprint density at radius 1 is 1.05 bits per heavy atom. The van der Waals surface area contributed by atoms with Crippen molar-refractivity contribution < 1.29 is 14.6 Å². The van der Waals surface area contributed by atoms with Crippen LogP contribution in [-0.4, -0.2) is 87.2 Å². The topological polar surface area (TPSA) is 45.2 Å². The van der Waals surface area contributed by atoms with Gasteiger partial charge >= 0.3 is 0 Å². The van der Waals surface area contributed by atoms with Crippen LogP contribution in [0.15, 0.2) is 0 Å². The maximum Gasteiger partial charge on any atom is 0.0594 e. The lowest BCUT2D eigenvalue weighted by Crippen LogP contribution is -2.55. The van der Waals surface area contributed by atoms with Gasteiger partial charge in [0, 0.05) is 32.7 Å². The number of morpholine rings is 1. The second kappa shape index (κ2) is 6.71. The van der Waals surface area contributed by atoms with Crippen LogP contribution in [0.2, 0.25) is 0 Å². The third-order valence-corrected chi connectivity index (χ3v) is 4.93. The zero-order valence-electron chi connectivity index (χ0n) is 12.4. The van der Waals surface area contributed by atoms with Crippen LogP contribution in [-0.2, 0) is 9.47 Å². The number of likely N-dealkylation sites (tertiary alicyclic amines) is 1. The van der Waals surface area contributed by atoms with Crippen LogP contribution < -0.4 is 0 Å². The van der Waals surface area contributed by atoms with Crippen LogP contribution in [0.5, 0.6) is 0 Å². The molecule has 0 aromatic carbocycles. The van der Waals surface area contributed by atoms with Crippen LogP contribution in [0.4, 0.5) is 0 Å². The Morgan fingerprint density at radius 3 is 2.50 bits per heavy atom. The van der Waals surface area contributed by atoms with Crippen LogP contribution in [0, 0.1) is 11.3 Å². The molecule has 0 unspecified atom stereocenters. The Morgan fingerprint density at radius 2 is 1.85 bits per heavy atom. The van der Waals surface area contributed by atoms with Crippen molar-refractivity contribution in [3.63, 3.8) is 0 Å². The van der Waals surface area contributed by atoms with Crippen molar-refractivity contribution in [1.29, 1.82) is 0 Å². The predicted octanol–water partition coefficient (Wildman–Crippen LogP) is 0.0395. The standard InChI is InChI=1S/C15H28N2O3/c18-11-15(12-20-13-15)10-17-3-1-2-14(9-17)8-16-4-6-19-7-5-16/h14,18H,1-13H2/t14-/m1/s1. The average Bonchev–Trinajstić information content (AvgIpc) is 2.44. The molecule has 0 aliphatic carbocycles. The monoisotopic (exact) mass is 284 g/mol. The molecule has 0 bridgehead atoms. The summed E-state index contributed by atoms with van der Waals surface area (Å²) in [6, 6.07) is 0. The lowest BCUT2D eigenvalue weighted by molar-refractivity contribution is -0.151. The maximum absolute atomic E-state index is 9.57. The smallest absolute Gasteiger partial charge is 0.0594 e. The van der Waals surface area contributed by atoms with Gasteiger partial charge in [-0.3, -0.25) is 4.90 Å². The number of hydrogen-bond acceptors (Lipinski definition) is 5. The third-order valence-electron chi connectivity index (χ3n) is 4.93. The van der Waals surface area contributed by atoms with E-state index in [9.17, 15) is 5.11 Å². The van der Waals surface area contributed by atoms with Crippen LogP contribution >= 0.6 is 0 Å². The van der Waals surface area contributed by atoms with Gasteiger partial charge in [0.15, 0.2) is 0 Å². The van der Waals surface area contributed by atoms with Gasteiger partial charge < -0.3 is 19.5 Å². The highest BCUT2D eigenvalue weighted by atomic mass is 16.5. The molecule has 1 atom stereocenters. The van der Waals surface area contributed by atoms with Crippen molar-refractivity contribution in [3.05, 3.63) is 0 Å². The first-order valence-electron chi connectivity index (χ1n) is 8.01. The third kappa shape index (κ3) is 3.52. The average molecular weight is 284 g/mol. The summed E-state index contributed by atoms with van der Waals surface area (Å²) in [6.45, 7) is 10.3. The number of nitrogens with zero attached hydrogens (tertiary/aromatic N) is 2. The van der Waals surface area contributed by atoms with Gasteiger partial charge in [-0.2, -0.15) is 0 Å². The van der Waals surface area contributed by atoms with E-state index in [1.807, 2.05) is 0 Å². The lowest BCUT2D eigenvalue weighted by Gasteiger charge is -2.45. The maximum atomic E-state index is 9.57. The van der Waals surface area contributed by atoms with E-state index in [0.717, 1.165) is 52.0 Å². The Balaban J connectivity index is 1.46. The molecule has 3 heterocycles. The number of rotatable bonds is 5. The fourth-order valence-electron chi connectivity index (χ4n) is 3.69. The molecule has 3 rings (SSSR count). The minimum absolute atomic E-state index is 0.0286. The molecule has 0 aromatic rings. The molecule has 20 heavy (non-hydrogen) atoms. The largest absolute Gasteiger partial charge is 0.396 e. The normalized spacial score (nSPS) is 31.9. The Kier molecular flexibility index (Phi) is 4.94. The SMILES string of the molecule is OCC1(CN2CCC[C@H](CN3CCOCC3)C2)COC1. The summed E-state index contributed by atoms with van der Waals surface area (Å²) >= 11 is 0. The van der Waals surface area contributed by atoms with Crippen molar-refractivity contribution in [1.82, 2.24) is 9.80 Å². The van der Waals surface area contributed by atoms with Crippen LogP contribution in [0.3, 0.4) is 0 Å². The van der Waals surface area contributed by atoms with Gasteiger partial charge in [0.2, 0.25) is 0 Å². The number of piperidine rings is 1. The van der Waals surface area contributed by atoms with Crippen molar-refractivity contribution in [2.75, 3.05) is 72.3 Å². The number of aliphatic hydroxyl groups excluding tert-OH is 1. The van der Waals surface area contributed by atoms with Crippen molar-refractivity contribution >= 4 is 0 Å². The first-order valence-corrected chi connectivity index (χ1v) is 8.01. The molecular formula is C15H28N2O3. The van der Waals surface area contributed by atoms with E-state index >= 15 is 0 Å². The molecule has 116 valence electrons. The van der Waals surface area contributed by atoms with E-state index in [4.69, 9.17) is 9.47 Å². The Hall–Kier alpha value is -0.200. The quantitative estimate of drug-likeness (QED) is 0.772. The highest BCUT2D eigenvalue weighted by Crippen LogP contribution is 2.30. The van der Waals surface area contributed by atoms with E-state index in [0.29, 0.717) is 0 Å². The first kappa shape index (κ1) is 14.7. The van der Waals surface area contributed by atoms with Gasteiger partial charge in [0.1, 0.15) is 0 Å². The van der Waals surface area contributed by atoms with Crippen molar-refractivity contribution in [3.8, 4) is 0 Å². The molecule has 5 nitrogen and oxygen atoms in total. The molecule has 1 N–H and O–H groups in total. The first-order chi connectivity index (χ1) is 9.80. The molecule has 0 saturated carbocycles. The number of ether oxygens (including phenoxy) is 2. The zero-order valence-corrected chi connectivity index (χ0v) is 12.4. The molecule has 0 radical (unpaired) electrons. The van der Waals surface area contributed by atoms with E-state index in [2.05, 4.69) is 9.80 Å². The highest BCUT2D eigenvalue weighted by Gasteiger charge is 2.40. The summed E-state index contributed by atoms with van der Waals surface area (Å²) in [4.78, 5) is 5.10. The molecule has 3 aliphatic rings. The summed E-state index contributed by atoms with van der Waals surface area (Å²) in [7, 11) is 0. The van der Waals surface area contributed by atoms with Crippen LogP contribution in [0.1, 0.15) is 12.8 Å². The Bertz CT molecular complexity index is 298. The lowest BCUT2D eigenvalue weighted by atomic mass is 9.85. The van der Waals surface area contributed by atoms with E-state index in [1.165, 1.54) is 32.5 Å². The molecule has 0 aromatic heterocycles. The van der Waals surface area contributed by atoms with Gasteiger partial charge in [-0.25, -0.2) is 0 Å². The molecule has 0 amide bonds. The molecule has 0 spiro atoms. The van der Waals surface area contributed by atoms with E-state index in [1.54, 1.807) is 0 Å². The van der Waals surface area contributed by atoms with E-state index in [-0.39, 0.29) is 12.0 Å². The highest BCUT2D eigenvalue weighted by molar-refractivity contribution is 4.90. The molecule has 3 aliphatic heterocycles. The second-order valence-electron chi connectivity index (χ2n) is 6.81. The minimum Gasteiger partial charge on any atom is -0.396 e. The summed E-state index contributed by atoms with van der Waals surface area (Å²) < 4.78 is 10.7. The summed E-state index contributed by atoms with van der Waals surface area (Å²) in [5.41, 5.74) is 0.0286. The van der Waals surface area contributed by atoms with Crippen molar-refractivity contribution in [2.45, 2.75) is 12.8 Å². The number of aliphatic hydroxyl groups is 1. The summed E-state index contributed by atoms with van der Waals surface area (Å²) in [5, 5.41) is 9.57. The molecule has 3 fully saturated rings. The predicted molar refractivity (Wildman–Crippen MR) is 76.8 cm³/mol. The van der Waals surface area contributed by atoms with Crippen LogP contribution in [0.25, 0.3) is 0 Å². The van der Waals surface area contributed by atoms with Crippen molar-refractivity contribution in [2.24, 2.45) is 11.3 Å². The number of hydrogen-bond donors (Lipinski definition) is 1. The van der Waals surface area contributed by atoms with Gasteiger partial charge in [0.25, 0.3) is 0 Å². The fraction of sp³-hybridized carbons (Fsp3) is 1.00. The second-order valence-corrected chi connectivity index (χ2v) is 6.81. The summed E-state index contributed by atoms with van der Waals surface area (Å²) in [6.07, 6.45) is 2.63.